The van der Waals surface area contributed by atoms with Gasteiger partial charge in [-0.25, -0.2) is 8.42 Å². The summed E-state index contributed by atoms with van der Waals surface area (Å²) < 4.78 is 32.4. The maximum atomic E-state index is 13.1. The van der Waals surface area contributed by atoms with Crippen LogP contribution in [0.3, 0.4) is 0 Å². The van der Waals surface area contributed by atoms with Crippen LogP contribution in [0.4, 0.5) is 0 Å². The molecule has 2 aromatic rings. The first kappa shape index (κ1) is 18.4. The van der Waals surface area contributed by atoms with Gasteiger partial charge in [0.15, 0.2) is 9.84 Å². The summed E-state index contributed by atoms with van der Waals surface area (Å²) in [6.07, 6.45) is 0. The smallest absolute Gasteiger partial charge is 0.183 e. The highest BCUT2D eigenvalue weighted by Crippen LogP contribution is 2.63. The van der Waals surface area contributed by atoms with Crippen molar-refractivity contribution >= 4 is 37.4 Å². The van der Waals surface area contributed by atoms with Crippen molar-refractivity contribution in [1.29, 1.82) is 5.26 Å². The Labute approximate surface area is 160 Å². The van der Waals surface area contributed by atoms with Crippen molar-refractivity contribution in [3.63, 3.8) is 0 Å². The van der Waals surface area contributed by atoms with Gasteiger partial charge in [-0.15, -0.1) is 0 Å². The highest BCUT2D eigenvalue weighted by molar-refractivity contribution is 9.10. The molecule has 4 nitrogen and oxygen atoms in total. The molecule has 1 aliphatic carbocycles. The minimum absolute atomic E-state index is 0.0573. The van der Waals surface area contributed by atoms with Crippen LogP contribution in [0, 0.1) is 16.7 Å². The molecule has 0 radical (unpaired) electrons. The van der Waals surface area contributed by atoms with Gasteiger partial charge >= 0.3 is 0 Å². The van der Waals surface area contributed by atoms with Gasteiger partial charge in [-0.2, -0.15) is 5.26 Å². The number of nitrogens with zero attached hydrogens (tertiary/aromatic N) is 1. The average molecular weight is 441 g/mol. The number of hydrogen-bond acceptors (Lipinski definition) is 4. The van der Waals surface area contributed by atoms with E-state index in [0.717, 1.165) is 10.0 Å². The van der Waals surface area contributed by atoms with Gasteiger partial charge in [0.1, 0.15) is 5.41 Å². The predicted octanol–water partition coefficient (Wildman–Crippen LogP) is 4.20. The Kier molecular flexibility index (Phi) is 4.95. The number of halogens is 2. The van der Waals surface area contributed by atoms with Crippen LogP contribution in [-0.2, 0) is 14.6 Å². The maximum absolute atomic E-state index is 13.1. The number of sulfone groups is 1. The standard InChI is InChI=1S/C18H15BrClNO3S/c1-24-11-18(10-21)16(12-2-4-13(19)5-3-12)17(18)25(22,23)15-8-6-14(20)7-9-15/h2-9,16-17H,11H2,1H3/t16-,17+,18-/m1/s1. The molecule has 0 N–H and O–H groups in total. The highest BCUT2D eigenvalue weighted by Gasteiger charge is 2.72. The summed E-state index contributed by atoms with van der Waals surface area (Å²) in [5, 5.41) is 9.38. The molecule has 25 heavy (non-hydrogen) atoms. The average Bonchev–Trinajstić information content (AvgIpc) is 3.26. The fourth-order valence-electron chi connectivity index (χ4n) is 3.35. The monoisotopic (exact) mass is 439 g/mol. The van der Waals surface area contributed by atoms with Crippen LogP contribution in [-0.4, -0.2) is 27.4 Å². The fourth-order valence-corrected chi connectivity index (χ4v) is 6.05. The van der Waals surface area contributed by atoms with Crippen molar-refractivity contribution < 1.29 is 13.2 Å². The number of nitriles is 1. The van der Waals surface area contributed by atoms with Gasteiger partial charge in [-0.05, 0) is 42.0 Å². The van der Waals surface area contributed by atoms with E-state index in [2.05, 4.69) is 22.0 Å². The van der Waals surface area contributed by atoms with E-state index < -0.39 is 26.4 Å². The van der Waals surface area contributed by atoms with E-state index in [1.807, 2.05) is 24.3 Å². The molecular formula is C18H15BrClNO3S. The topological polar surface area (TPSA) is 67.2 Å². The molecule has 2 aromatic carbocycles. The molecule has 130 valence electrons. The molecule has 0 unspecified atom stereocenters. The molecule has 0 aliphatic heterocycles. The van der Waals surface area contributed by atoms with Crippen molar-refractivity contribution in [2.45, 2.75) is 16.1 Å². The fraction of sp³-hybridized carbons (Fsp3) is 0.278. The molecule has 1 fully saturated rings. The summed E-state index contributed by atoms with van der Waals surface area (Å²) in [6, 6.07) is 15.6. The van der Waals surface area contributed by atoms with Crippen molar-refractivity contribution in [2.75, 3.05) is 13.7 Å². The minimum Gasteiger partial charge on any atom is -0.383 e. The molecule has 3 rings (SSSR count). The third-order valence-electron chi connectivity index (χ3n) is 4.55. The van der Waals surface area contributed by atoms with Crippen molar-refractivity contribution in [3.05, 3.63) is 63.6 Å². The van der Waals surface area contributed by atoms with E-state index in [-0.39, 0.29) is 11.5 Å². The van der Waals surface area contributed by atoms with Gasteiger partial charge < -0.3 is 4.74 Å². The van der Waals surface area contributed by atoms with Gasteiger partial charge in [0.05, 0.1) is 22.8 Å². The van der Waals surface area contributed by atoms with Gasteiger partial charge in [0.2, 0.25) is 0 Å². The van der Waals surface area contributed by atoms with Gasteiger partial charge in [0, 0.05) is 22.5 Å². The van der Waals surface area contributed by atoms with Crippen LogP contribution in [0.25, 0.3) is 0 Å². The lowest BCUT2D eigenvalue weighted by Gasteiger charge is -2.08. The Bertz CT molecular complexity index is 922. The summed E-state index contributed by atoms with van der Waals surface area (Å²) >= 11 is 9.23. The zero-order valence-corrected chi connectivity index (χ0v) is 16.5. The maximum Gasteiger partial charge on any atom is 0.183 e. The number of benzene rings is 2. The number of rotatable bonds is 5. The van der Waals surface area contributed by atoms with Crippen molar-refractivity contribution in [1.82, 2.24) is 0 Å². The Morgan fingerprint density at radius 2 is 1.80 bits per heavy atom. The summed E-state index contributed by atoms with van der Waals surface area (Å²) in [6.45, 7) is 0.0573. The molecule has 0 saturated heterocycles. The van der Waals surface area contributed by atoms with Crippen LogP contribution >= 0.6 is 27.5 Å². The first-order chi connectivity index (χ1) is 11.9. The molecule has 3 atom stereocenters. The van der Waals surface area contributed by atoms with Crippen LogP contribution in [0.5, 0.6) is 0 Å². The Hall–Kier alpha value is -1.39. The lowest BCUT2D eigenvalue weighted by molar-refractivity contribution is 0.162. The Morgan fingerprint density at radius 3 is 2.32 bits per heavy atom. The second kappa shape index (κ2) is 6.73. The molecule has 0 aromatic heterocycles. The normalized spacial score (nSPS) is 25.4. The molecular weight excluding hydrogens is 426 g/mol. The minimum atomic E-state index is -3.70. The van der Waals surface area contributed by atoms with Crippen LogP contribution in [0.1, 0.15) is 11.5 Å². The van der Waals surface area contributed by atoms with Gasteiger partial charge in [-0.1, -0.05) is 39.7 Å². The second-order valence-corrected chi connectivity index (χ2v) is 9.46. The van der Waals surface area contributed by atoms with E-state index in [1.165, 1.54) is 31.4 Å². The predicted molar refractivity (Wildman–Crippen MR) is 99.2 cm³/mol. The molecule has 0 spiro atoms. The zero-order valence-electron chi connectivity index (χ0n) is 13.3. The molecule has 0 heterocycles. The van der Waals surface area contributed by atoms with E-state index in [4.69, 9.17) is 16.3 Å². The van der Waals surface area contributed by atoms with Gasteiger partial charge in [0.25, 0.3) is 0 Å². The third-order valence-corrected chi connectivity index (χ3v) is 7.62. The lowest BCUT2D eigenvalue weighted by Crippen LogP contribution is -2.19. The third kappa shape index (κ3) is 3.11. The Balaban J connectivity index is 2.07. The molecule has 1 saturated carbocycles. The molecule has 7 heteroatoms. The largest absolute Gasteiger partial charge is 0.383 e. The van der Waals surface area contributed by atoms with E-state index in [0.29, 0.717) is 5.02 Å². The summed E-state index contributed by atoms with van der Waals surface area (Å²) in [5.41, 5.74) is -0.287. The number of methoxy groups -OCH3 is 1. The Morgan fingerprint density at radius 1 is 1.20 bits per heavy atom. The first-order valence-corrected chi connectivity index (χ1v) is 10.2. The van der Waals surface area contributed by atoms with Crippen molar-refractivity contribution in [3.8, 4) is 6.07 Å². The number of ether oxygens (including phenoxy) is 1. The SMILES string of the molecule is COC[C@]1(C#N)[C@H](c2ccc(Br)cc2)[C@@H]1S(=O)(=O)c1ccc(Cl)cc1. The zero-order chi connectivity index (χ0) is 18.2. The lowest BCUT2D eigenvalue weighted by atomic mass is 10.0. The molecule has 1 aliphatic rings. The van der Waals surface area contributed by atoms with E-state index >= 15 is 0 Å². The number of hydrogen-bond donors (Lipinski definition) is 0. The van der Waals surface area contributed by atoms with E-state index in [9.17, 15) is 13.7 Å². The molecule has 0 amide bonds. The highest BCUT2D eigenvalue weighted by atomic mass is 79.9. The van der Waals surface area contributed by atoms with Crippen molar-refractivity contribution in [2.24, 2.45) is 5.41 Å². The first-order valence-electron chi connectivity index (χ1n) is 7.52. The summed E-state index contributed by atoms with van der Waals surface area (Å²) in [4.78, 5) is 0.164. The summed E-state index contributed by atoms with van der Waals surface area (Å²) in [7, 11) is -2.23. The molecule has 0 bridgehead atoms. The van der Waals surface area contributed by atoms with Crippen LogP contribution in [0.15, 0.2) is 57.9 Å². The van der Waals surface area contributed by atoms with Crippen LogP contribution < -0.4 is 0 Å². The summed E-state index contributed by atoms with van der Waals surface area (Å²) in [5.74, 6) is -0.439. The van der Waals surface area contributed by atoms with E-state index in [1.54, 1.807) is 0 Å². The second-order valence-electron chi connectivity index (χ2n) is 6.03. The van der Waals surface area contributed by atoms with Gasteiger partial charge in [-0.3, -0.25) is 0 Å². The van der Waals surface area contributed by atoms with Crippen LogP contribution in [0.2, 0.25) is 5.02 Å². The quantitative estimate of drug-likeness (QED) is 0.699.